The van der Waals surface area contributed by atoms with Crippen LogP contribution in [-0.2, 0) is 16.0 Å². The quantitative estimate of drug-likeness (QED) is 0.591. The fourth-order valence-electron chi connectivity index (χ4n) is 3.37. The van der Waals surface area contributed by atoms with Crippen LogP contribution in [0.4, 0.5) is 14.9 Å². The van der Waals surface area contributed by atoms with Crippen molar-refractivity contribution in [3.05, 3.63) is 65.5 Å². The molecule has 2 N–H and O–H groups in total. The molecule has 1 heterocycles. The van der Waals surface area contributed by atoms with Crippen LogP contribution in [0.3, 0.4) is 0 Å². The molecule has 8 heteroatoms. The standard InChI is InChI=1S/C22H27FN4O3/c1-15-13-27(14-20(30-15)17-6-8-18(23)9-7-17)21(24-2)25-12-16-4-10-19(11-5-16)26-22(28)29-3/h4-11,15,20H,12-14H2,1-3H3,(H,24,25)(H,26,28). The van der Waals surface area contributed by atoms with E-state index in [1.54, 1.807) is 19.2 Å². The Labute approximate surface area is 175 Å². The number of halogens is 1. The second-order valence-electron chi connectivity index (χ2n) is 7.11. The topological polar surface area (TPSA) is 75.2 Å². The number of nitrogens with one attached hydrogen (secondary N) is 2. The molecule has 30 heavy (non-hydrogen) atoms. The summed E-state index contributed by atoms with van der Waals surface area (Å²) >= 11 is 0. The first-order valence-electron chi connectivity index (χ1n) is 9.79. The normalized spacial score (nSPS) is 19.3. The van der Waals surface area contributed by atoms with Gasteiger partial charge in [0.2, 0.25) is 0 Å². The number of hydrogen-bond acceptors (Lipinski definition) is 4. The molecule has 1 aliphatic rings. The molecular formula is C22H27FN4O3. The lowest BCUT2D eigenvalue weighted by Crippen LogP contribution is -2.50. The van der Waals surface area contributed by atoms with Gasteiger partial charge >= 0.3 is 6.09 Å². The number of morpholine rings is 1. The molecule has 7 nitrogen and oxygen atoms in total. The van der Waals surface area contributed by atoms with Crippen LogP contribution < -0.4 is 10.6 Å². The zero-order valence-electron chi connectivity index (χ0n) is 17.4. The molecule has 2 unspecified atom stereocenters. The molecule has 1 amide bonds. The smallest absolute Gasteiger partial charge is 0.411 e. The number of carbonyl (C=O) groups excluding carboxylic acids is 1. The first kappa shape index (κ1) is 21.6. The molecule has 2 atom stereocenters. The molecular weight excluding hydrogens is 387 g/mol. The fraction of sp³-hybridized carbons (Fsp3) is 0.364. The summed E-state index contributed by atoms with van der Waals surface area (Å²) in [7, 11) is 3.07. The molecule has 0 aliphatic carbocycles. The van der Waals surface area contributed by atoms with Crippen LogP contribution in [0.25, 0.3) is 0 Å². The Kier molecular flexibility index (Phi) is 7.24. The van der Waals surface area contributed by atoms with E-state index < -0.39 is 6.09 Å². The first-order valence-corrected chi connectivity index (χ1v) is 9.79. The lowest BCUT2D eigenvalue weighted by Gasteiger charge is -2.38. The number of guanidine groups is 1. The fourth-order valence-corrected chi connectivity index (χ4v) is 3.37. The van der Waals surface area contributed by atoms with Gasteiger partial charge in [-0.25, -0.2) is 9.18 Å². The monoisotopic (exact) mass is 414 g/mol. The Morgan fingerprint density at radius 1 is 1.20 bits per heavy atom. The maximum absolute atomic E-state index is 13.2. The van der Waals surface area contributed by atoms with Crippen LogP contribution in [0.15, 0.2) is 53.5 Å². The van der Waals surface area contributed by atoms with Gasteiger partial charge in [-0.05, 0) is 42.3 Å². The Morgan fingerprint density at radius 2 is 1.90 bits per heavy atom. The molecule has 1 saturated heterocycles. The van der Waals surface area contributed by atoms with Crippen LogP contribution in [-0.4, -0.2) is 50.3 Å². The van der Waals surface area contributed by atoms with E-state index >= 15 is 0 Å². The summed E-state index contributed by atoms with van der Waals surface area (Å²) in [6.07, 6.45) is -0.647. The van der Waals surface area contributed by atoms with E-state index in [0.717, 1.165) is 17.1 Å². The van der Waals surface area contributed by atoms with Gasteiger partial charge in [0.05, 0.1) is 19.8 Å². The second-order valence-corrected chi connectivity index (χ2v) is 7.11. The molecule has 2 aromatic rings. The molecule has 160 valence electrons. The number of amides is 1. The number of ether oxygens (including phenoxy) is 2. The van der Waals surface area contributed by atoms with Crippen molar-refractivity contribution < 1.29 is 18.7 Å². The molecule has 1 aliphatic heterocycles. The van der Waals surface area contributed by atoms with E-state index in [1.807, 2.05) is 31.2 Å². The van der Waals surface area contributed by atoms with Gasteiger partial charge in [0.15, 0.2) is 5.96 Å². The zero-order valence-corrected chi connectivity index (χ0v) is 17.4. The average Bonchev–Trinajstić information content (AvgIpc) is 2.75. The maximum Gasteiger partial charge on any atom is 0.411 e. The molecule has 1 fully saturated rings. The largest absolute Gasteiger partial charge is 0.453 e. The summed E-state index contributed by atoms with van der Waals surface area (Å²) in [6.45, 7) is 3.93. The maximum atomic E-state index is 13.2. The lowest BCUT2D eigenvalue weighted by atomic mass is 10.1. The van der Waals surface area contributed by atoms with Crippen LogP contribution in [0.2, 0.25) is 0 Å². The van der Waals surface area contributed by atoms with Crippen molar-refractivity contribution >= 4 is 17.7 Å². The van der Waals surface area contributed by atoms with Gasteiger partial charge in [-0.3, -0.25) is 10.3 Å². The molecule has 0 saturated carbocycles. The highest BCUT2D eigenvalue weighted by Gasteiger charge is 2.28. The molecule has 2 aromatic carbocycles. The van der Waals surface area contributed by atoms with Gasteiger partial charge in [-0.1, -0.05) is 24.3 Å². The SMILES string of the molecule is CN=C(NCc1ccc(NC(=O)OC)cc1)N1CC(C)OC(c2ccc(F)cc2)C1. The minimum absolute atomic E-state index is 0.0102. The van der Waals surface area contributed by atoms with Gasteiger partial charge < -0.3 is 19.7 Å². The summed E-state index contributed by atoms with van der Waals surface area (Å²) in [5.41, 5.74) is 2.65. The third-order valence-electron chi connectivity index (χ3n) is 4.85. The van der Waals surface area contributed by atoms with Gasteiger partial charge in [-0.15, -0.1) is 0 Å². The highest BCUT2D eigenvalue weighted by atomic mass is 19.1. The third-order valence-corrected chi connectivity index (χ3v) is 4.85. The molecule has 0 aromatic heterocycles. The van der Waals surface area contributed by atoms with Crippen molar-refractivity contribution in [1.82, 2.24) is 10.2 Å². The predicted molar refractivity (Wildman–Crippen MR) is 114 cm³/mol. The molecule has 3 rings (SSSR count). The summed E-state index contributed by atoms with van der Waals surface area (Å²) in [5.74, 6) is 0.513. The minimum atomic E-state index is -0.501. The highest BCUT2D eigenvalue weighted by Crippen LogP contribution is 2.25. The van der Waals surface area contributed by atoms with Gasteiger partial charge in [0, 0.05) is 25.8 Å². The number of hydrogen-bond donors (Lipinski definition) is 2. The number of anilines is 1. The Morgan fingerprint density at radius 3 is 2.53 bits per heavy atom. The Balaban J connectivity index is 1.61. The van der Waals surface area contributed by atoms with Crippen molar-refractivity contribution in [2.75, 3.05) is 32.6 Å². The zero-order chi connectivity index (χ0) is 21.5. The number of aliphatic imine (C=N–C) groups is 1. The second kappa shape index (κ2) is 10.1. The van der Waals surface area contributed by atoms with Gasteiger partial charge in [0.1, 0.15) is 11.9 Å². The van der Waals surface area contributed by atoms with Gasteiger partial charge in [-0.2, -0.15) is 0 Å². The van der Waals surface area contributed by atoms with Crippen molar-refractivity contribution in [3.63, 3.8) is 0 Å². The predicted octanol–water partition coefficient (Wildman–Crippen LogP) is 3.54. The molecule has 0 bridgehead atoms. The van der Waals surface area contributed by atoms with E-state index in [9.17, 15) is 9.18 Å². The minimum Gasteiger partial charge on any atom is -0.453 e. The van der Waals surface area contributed by atoms with Crippen molar-refractivity contribution in [3.8, 4) is 0 Å². The molecule has 0 spiro atoms. The summed E-state index contributed by atoms with van der Waals surface area (Å²) in [6, 6.07) is 13.9. The van der Waals surface area contributed by atoms with E-state index in [1.165, 1.54) is 19.2 Å². The summed E-state index contributed by atoms with van der Waals surface area (Å²) in [5, 5.41) is 6.00. The van der Waals surface area contributed by atoms with E-state index in [2.05, 4.69) is 25.3 Å². The van der Waals surface area contributed by atoms with Crippen LogP contribution in [0.5, 0.6) is 0 Å². The van der Waals surface area contributed by atoms with Crippen LogP contribution in [0.1, 0.15) is 24.2 Å². The lowest BCUT2D eigenvalue weighted by molar-refractivity contribution is -0.0605. The van der Waals surface area contributed by atoms with E-state index in [4.69, 9.17) is 4.74 Å². The third kappa shape index (κ3) is 5.70. The number of carbonyl (C=O) groups is 1. The van der Waals surface area contributed by atoms with Crippen LogP contribution >= 0.6 is 0 Å². The average molecular weight is 414 g/mol. The van der Waals surface area contributed by atoms with E-state index in [-0.39, 0.29) is 18.0 Å². The van der Waals surface area contributed by atoms with E-state index in [0.29, 0.717) is 25.3 Å². The Bertz CT molecular complexity index is 871. The Hall–Kier alpha value is -3.13. The number of benzene rings is 2. The summed E-state index contributed by atoms with van der Waals surface area (Å²) in [4.78, 5) is 17.8. The van der Waals surface area contributed by atoms with Crippen LogP contribution in [0, 0.1) is 5.82 Å². The highest BCUT2D eigenvalue weighted by molar-refractivity contribution is 5.84. The van der Waals surface area contributed by atoms with Crippen molar-refractivity contribution in [1.29, 1.82) is 0 Å². The number of nitrogens with zero attached hydrogens (tertiary/aromatic N) is 2. The summed E-state index contributed by atoms with van der Waals surface area (Å²) < 4.78 is 23.9. The number of rotatable bonds is 4. The molecule has 0 radical (unpaired) electrons. The first-order chi connectivity index (χ1) is 14.5. The van der Waals surface area contributed by atoms with Crippen molar-refractivity contribution in [2.45, 2.75) is 25.7 Å². The van der Waals surface area contributed by atoms with Crippen molar-refractivity contribution in [2.24, 2.45) is 4.99 Å². The number of methoxy groups -OCH3 is 1. The van der Waals surface area contributed by atoms with Gasteiger partial charge in [0.25, 0.3) is 0 Å².